The third-order valence-electron chi connectivity index (χ3n) is 2.92. The molecule has 2 aromatic rings. The largest absolute Gasteiger partial charge is 0.351 e. The van der Waals surface area contributed by atoms with E-state index < -0.39 is 0 Å². The van der Waals surface area contributed by atoms with Crippen molar-refractivity contribution in [1.82, 2.24) is 10.3 Å². The van der Waals surface area contributed by atoms with Gasteiger partial charge in [0.15, 0.2) is 0 Å². The number of aromatic amines is 1. The summed E-state index contributed by atoms with van der Waals surface area (Å²) < 4.78 is 0. The van der Waals surface area contributed by atoms with Crippen molar-refractivity contribution in [3.05, 3.63) is 71.9 Å². The fourth-order valence-corrected chi connectivity index (χ4v) is 2.09. The molecule has 4 heteroatoms. The van der Waals surface area contributed by atoms with Crippen molar-refractivity contribution in [2.75, 3.05) is 6.54 Å². The van der Waals surface area contributed by atoms with Gasteiger partial charge >= 0.3 is 0 Å². The van der Waals surface area contributed by atoms with E-state index in [9.17, 15) is 4.79 Å². The van der Waals surface area contributed by atoms with Crippen LogP contribution in [0.5, 0.6) is 0 Å². The van der Waals surface area contributed by atoms with Gasteiger partial charge in [-0.2, -0.15) is 0 Å². The number of halogens is 1. The number of carbonyl (C=O) groups is 1. The molecule has 0 unspecified atom stereocenters. The summed E-state index contributed by atoms with van der Waals surface area (Å²) in [6.07, 6.45) is 18.2. The van der Waals surface area contributed by atoms with Gasteiger partial charge in [-0.05, 0) is 30.7 Å². The minimum atomic E-state index is -0.114. The van der Waals surface area contributed by atoms with Gasteiger partial charge in [0, 0.05) is 22.5 Å². The van der Waals surface area contributed by atoms with Crippen molar-refractivity contribution in [3.63, 3.8) is 0 Å². The highest BCUT2D eigenvalue weighted by atomic mass is 35.5. The van der Waals surface area contributed by atoms with Gasteiger partial charge in [0.2, 0.25) is 0 Å². The molecule has 0 spiro atoms. The highest BCUT2D eigenvalue weighted by molar-refractivity contribution is 6.31. The predicted molar refractivity (Wildman–Crippen MR) is 98.6 cm³/mol. The van der Waals surface area contributed by atoms with Crippen LogP contribution in [-0.2, 0) is 0 Å². The second kappa shape index (κ2) is 10.1. The van der Waals surface area contributed by atoms with Gasteiger partial charge < -0.3 is 10.3 Å². The van der Waals surface area contributed by atoms with Gasteiger partial charge in [-0.3, -0.25) is 4.79 Å². The van der Waals surface area contributed by atoms with Gasteiger partial charge in [-0.25, -0.2) is 0 Å². The first kappa shape index (κ1) is 18.3. The molecule has 0 aliphatic rings. The second-order valence-electron chi connectivity index (χ2n) is 4.51. The zero-order valence-corrected chi connectivity index (χ0v) is 13.5. The molecule has 1 aromatic carbocycles. The SMILES string of the molecule is C#C.C=C/C=C\C=C/CCNC(=O)c1cc2cc(Cl)ccc2[nH]1. The zero-order chi connectivity index (χ0) is 17.1. The van der Waals surface area contributed by atoms with Crippen molar-refractivity contribution in [2.24, 2.45) is 0 Å². The number of carbonyl (C=O) groups excluding carboxylic acids is 1. The van der Waals surface area contributed by atoms with E-state index in [2.05, 4.69) is 29.7 Å². The molecule has 0 radical (unpaired) electrons. The molecule has 0 bridgehead atoms. The molecular formula is C19H19ClN2O. The molecule has 0 aliphatic heterocycles. The summed E-state index contributed by atoms with van der Waals surface area (Å²) in [5, 5.41) is 4.46. The van der Waals surface area contributed by atoms with Gasteiger partial charge in [0.05, 0.1) is 0 Å². The molecule has 0 aliphatic carbocycles. The van der Waals surface area contributed by atoms with Crippen molar-refractivity contribution < 1.29 is 4.79 Å². The van der Waals surface area contributed by atoms with Crippen LogP contribution in [0.3, 0.4) is 0 Å². The van der Waals surface area contributed by atoms with Crippen molar-refractivity contribution in [3.8, 4) is 12.8 Å². The van der Waals surface area contributed by atoms with Crippen LogP contribution < -0.4 is 5.32 Å². The fraction of sp³-hybridized carbons (Fsp3) is 0.105. The summed E-state index contributed by atoms with van der Waals surface area (Å²) in [5.74, 6) is -0.114. The number of hydrogen-bond donors (Lipinski definition) is 2. The maximum atomic E-state index is 12.0. The Kier molecular flexibility index (Phi) is 8.06. The van der Waals surface area contributed by atoms with Crippen LogP contribution in [0.25, 0.3) is 10.9 Å². The van der Waals surface area contributed by atoms with E-state index in [-0.39, 0.29) is 5.91 Å². The molecule has 0 saturated heterocycles. The quantitative estimate of drug-likeness (QED) is 0.458. The van der Waals surface area contributed by atoms with Crippen molar-refractivity contribution in [2.45, 2.75) is 6.42 Å². The highest BCUT2D eigenvalue weighted by Crippen LogP contribution is 2.19. The van der Waals surface area contributed by atoms with E-state index in [0.717, 1.165) is 17.3 Å². The molecule has 2 N–H and O–H groups in total. The Labute approximate surface area is 141 Å². The van der Waals surface area contributed by atoms with Gasteiger partial charge in [-0.15, -0.1) is 12.8 Å². The Morgan fingerprint density at radius 1 is 1.26 bits per heavy atom. The zero-order valence-electron chi connectivity index (χ0n) is 12.8. The molecule has 118 valence electrons. The molecule has 0 fully saturated rings. The van der Waals surface area contributed by atoms with Crippen LogP contribution in [0.15, 0.2) is 61.2 Å². The van der Waals surface area contributed by atoms with Crippen molar-refractivity contribution in [1.29, 1.82) is 0 Å². The van der Waals surface area contributed by atoms with E-state index in [1.54, 1.807) is 18.2 Å². The van der Waals surface area contributed by atoms with Crippen LogP contribution >= 0.6 is 11.6 Å². The topological polar surface area (TPSA) is 44.9 Å². The lowest BCUT2D eigenvalue weighted by atomic mass is 10.2. The molecule has 1 heterocycles. The Hall–Kier alpha value is -2.70. The van der Waals surface area contributed by atoms with Gasteiger partial charge in [0.1, 0.15) is 5.69 Å². The first-order chi connectivity index (χ1) is 11.2. The second-order valence-corrected chi connectivity index (χ2v) is 4.94. The molecule has 3 nitrogen and oxygen atoms in total. The summed E-state index contributed by atoms with van der Waals surface area (Å²) >= 11 is 5.93. The summed E-state index contributed by atoms with van der Waals surface area (Å²) in [7, 11) is 0. The number of allylic oxidation sites excluding steroid dienone is 4. The number of nitrogens with one attached hydrogen (secondary N) is 2. The first-order valence-electron chi connectivity index (χ1n) is 7.05. The Balaban J connectivity index is 0.00000127. The van der Waals surface area contributed by atoms with E-state index in [1.807, 2.05) is 36.4 Å². The molecule has 0 atom stereocenters. The smallest absolute Gasteiger partial charge is 0.267 e. The van der Waals surface area contributed by atoms with E-state index in [1.165, 1.54) is 0 Å². The van der Waals surface area contributed by atoms with E-state index in [0.29, 0.717) is 17.3 Å². The number of hydrogen-bond acceptors (Lipinski definition) is 1. The van der Waals surface area contributed by atoms with Crippen LogP contribution in [0.4, 0.5) is 0 Å². The van der Waals surface area contributed by atoms with Gasteiger partial charge in [-0.1, -0.05) is 48.6 Å². The lowest BCUT2D eigenvalue weighted by molar-refractivity contribution is 0.0950. The number of fused-ring (bicyclic) bond motifs is 1. The Morgan fingerprint density at radius 2 is 2.04 bits per heavy atom. The predicted octanol–water partition coefficient (Wildman–Crippen LogP) is 4.49. The lowest BCUT2D eigenvalue weighted by Gasteiger charge is -2.00. The number of benzene rings is 1. The van der Waals surface area contributed by atoms with E-state index in [4.69, 9.17) is 11.6 Å². The Morgan fingerprint density at radius 3 is 2.78 bits per heavy atom. The molecule has 2 rings (SSSR count). The third kappa shape index (κ3) is 5.90. The fourth-order valence-electron chi connectivity index (χ4n) is 1.91. The minimum Gasteiger partial charge on any atom is -0.351 e. The first-order valence-corrected chi connectivity index (χ1v) is 7.42. The van der Waals surface area contributed by atoms with Crippen LogP contribution in [0, 0.1) is 12.8 Å². The highest BCUT2D eigenvalue weighted by Gasteiger charge is 2.08. The van der Waals surface area contributed by atoms with Crippen molar-refractivity contribution >= 4 is 28.4 Å². The molecular weight excluding hydrogens is 308 g/mol. The summed E-state index contributed by atoms with van der Waals surface area (Å²) in [5.41, 5.74) is 1.45. The van der Waals surface area contributed by atoms with Crippen LogP contribution in [0.2, 0.25) is 5.02 Å². The monoisotopic (exact) mass is 326 g/mol. The van der Waals surface area contributed by atoms with Crippen LogP contribution in [0.1, 0.15) is 16.9 Å². The molecule has 1 aromatic heterocycles. The summed E-state index contributed by atoms with van der Waals surface area (Å²) in [6, 6.07) is 7.30. The van der Waals surface area contributed by atoms with Gasteiger partial charge in [0.25, 0.3) is 5.91 Å². The number of aromatic nitrogens is 1. The average molecular weight is 327 g/mol. The molecule has 0 saturated carbocycles. The number of H-pyrrole nitrogens is 1. The third-order valence-corrected chi connectivity index (χ3v) is 3.15. The Bertz CT molecular complexity index is 738. The molecule has 1 amide bonds. The lowest BCUT2D eigenvalue weighted by Crippen LogP contribution is -2.24. The average Bonchev–Trinajstić information content (AvgIpc) is 2.99. The standard InChI is InChI=1S/C17H17ClN2O.C2H2/c1-2-3-4-5-6-7-10-19-17(21)16-12-13-11-14(18)8-9-15(13)20-16;1-2/h2-6,8-9,11-12,20H,1,7,10H2,(H,19,21);1-2H/b4-3-,6-5-;. The number of rotatable bonds is 6. The maximum Gasteiger partial charge on any atom is 0.267 e. The summed E-state index contributed by atoms with van der Waals surface area (Å²) in [6.45, 7) is 4.18. The minimum absolute atomic E-state index is 0.114. The van der Waals surface area contributed by atoms with E-state index >= 15 is 0 Å². The summed E-state index contributed by atoms with van der Waals surface area (Å²) in [4.78, 5) is 15.1. The normalized spacial score (nSPS) is 10.6. The number of amides is 1. The van der Waals surface area contributed by atoms with Crippen LogP contribution in [-0.4, -0.2) is 17.4 Å². The molecule has 23 heavy (non-hydrogen) atoms. The number of terminal acetylenes is 1. The maximum absolute atomic E-state index is 12.0.